The molecule has 3 aromatic rings. The van der Waals surface area contributed by atoms with Gasteiger partial charge in [0.25, 0.3) is 0 Å². The number of nitrogens with zero attached hydrogens (tertiary/aromatic N) is 6. The van der Waals surface area contributed by atoms with Crippen LogP contribution in [0.15, 0.2) is 36.8 Å². The van der Waals surface area contributed by atoms with Crippen molar-refractivity contribution < 1.29 is 14.6 Å². The molecule has 0 atom stereocenters. The van der Waals surface area contributed by atoms with Gasteiger partial charge in [0, 0.05) is 23.3 Å². The van der Waals surface area contributed by atoms with Gasteiger partial charge in [0.1, 0.15) is 11.9 Å². The Morgan fingerprint density at radius 3 is 2.71 bits per heavy atom. The number of carbonyl (C=O) groups is 1. The topological polar surface area (TPSA) is 106 Å². The molecular weight excluding hydrogens is 420 g/mol. The summed E-state index contributed by atoms with van der Waals surface area (Å²) in [5, 5.41) is 19.0. The molecule has 1 aliphatic heterocycles. The predicted molar refractivity (Wildman–Crippen MR) is 111 cm³/mol. The first-order valence-electron chi connectivity index (χ1n) is 10.2. The van der Waals surface area contributed by atoms with Crippen LogP contribution >= 0.6 is 11.6 Å². The third-order valence-corrected chi connectivity index (χ3v) is 6.10. The van der Waals surface area contributed by atoms with E-state index in [1.807, 2.05) is 22.8 Å². The van der Waals surface area contributed by atoms with Crippen LogP contribution in [0.25, 0.3) is 5.69 Å². The van der Waals surface area contributed by atoms with Crippen LogP contribution < -0.4 is 4.74 Å². The maximum absolute atomic E-state index is 11.7. The second kappa shape index (κ2) is 8.14. The van der Waals surface area contributed by atoms with E-state index in [0.29, 0.717) is 16.7 Å². The Balaban J connectivity index is 1.41. The minimum atomic E-state index is -0.995. The number of hydrogen-bond donors (Lipinski definition) is 1. The quantitative estimate of drug-likeness (QED) is 0.659. The van der Waals surface area contributed by atoms with Gasteiger partial charge in [0.05, 0.1) is 25.0 Å². The first-order chi connectivity index (χ1) is 15.1. The predicted octanol–water partition coefficient (Wildman–Crippen LogP) is 3.81. The lowest BCUT2D eigenvalue weighted by Crippen LogP contribution is -2.28. The lowest BCUT2D eigenvalue weighted by molar-refractivity contribution is 0.137. The average molecular weight is 441 g/mol. The summed E-state index contributed by atoms with van der Waals surface area (Å²) in [5.41, 5.74) is 1.73. The Kier molecular flexibility index (Phi) is 5.19. The zero-order valence-corrected chi connectivity index (χ0v) is 17.4. The summed E-state index contributed by atoms with van der Waals surface area (Å²) in [6.45, 7) is 0.437. The van der Waals surface area contributed by atoms with E-state index >= 15 is 0 Å². The zero-order valence-electron chi connectivity index (χ0n) is 16.7. The fourth-order valence-corrected chi connectivity index (χ4v) is 4.58. The molecule has 0 bridgehead atoms. The third-order valence-electron chi connectivity index (χ3n) is 5.87. The molecule has 2 aromatic heterocycles. The maximum Gasteiger partial charge on any atom is 0.408 e. The van der Waals surface area contributed by atoms with Crippen molar-refractivity contribution in [3.8, 4) is 11.6 Å². The van der Waals surface area contributed by atoms with Gasteiger partial charge < -0.3 is 9.84 Å². The highest BCUT2D eigenvalue weighted by Crippen LogP contribution is 2.36. The normalized spacial score (nSPS) is 20.5. The molecule has 1 fully saturated rings. The van der Waals surface area contributed by atoms with Gasteiger partial charge in [0.2, 0.25) is 5.88 Å². The molecule has 31 heavy (non-hydrogen) atoms. The fourth-order valence-electron chi connectivity index (χ4n) is 4.38. The van der Waals surface area contributed by atoms with Crippen molar-refractivity contribution in [3.63, 3.8) is 0 Å². The molecule has 1 N–H and O–H groups in total. The van der Waals surface area contributed by atoms with Crippen LogP contribution in [0.5, 0.6) is 5.88 Å². The van der Waals surface area contributed by atoms with Crippen LogP contribution in [0.4, 0.5) is 4.79 Å². The molecular formula is C21H21ClN6O3. The summed E-state index contributed by atoms with van der Waals surface area (Å²) in [4.78, 5) is 21.3. The average Bonchev–Trinajstić information content (AvgIpc) is 3.10. The van der Waals surface area contributed by atoms with Crippen molar-refractivity contribution in [1.29, 1.82) is 0 Å². The number of carboxylic acid groups (broad SMARTS) is 1. The van der Waals surface area contributed by atoms with Gasteiger partial charge in [-0.3, -0.25) is 14.5 Å². The van der Waals surface area contributed by atoms with E-state index in [4.69, 9.17) is 16.3 Å². The van der Waals surface area contributed by atoms with Crippen LogP contribution in [-0.2, 0) is 13.1 Å². The summed E-state index contributed by atoms with van der Waals surface area (Å²) < 4.78 is 7.98. The summed E-state index contributed by atoms with van der Waals surface area (Å²) >= 11 is 6.20. The molecule has 0 spiro atoms. The fraction of sp³-hybridized carbons (Fsp3) is 0.381. The Labute approximate surface area is 183 Å². The second-order valence-electron chi connectivity index (χ2n) is 7.86. The largest absolute Gasteiger partial charge is 0.473 e. The molecule has 0 radical (unpaired) electrons. The van der Waals surface area contributed by atoms with Gasteiger partial charge in [-0.25, -0.2) is 9.78 Å². The number of rotatable bonds is 3. The summed E-state index contributed by atoms with van der Waals surface area (Å²) in [5.74, 6) is 2.24. The van der Waals surface area contributed by atoms with Crippen molar-refractivity contribution in [1.82, 2.24) is 29.6 Å². The van der Waals surface area contributed by atoms with Gasteiger partial charge >= 0.3 is 6.09 Å². The molecule has 10 heteroatoms. The van der Waals surface area contributed by atoms with E-state index in [2.05, 4.69) is 20.2 Å². The third kappa shape index (κ3) is 3.93. The maximum atomic E-state index is 11.7. The Bertz CT molecular complexity index is 1100. The van der Waals surface area contributed by atoms with Gasteiger partial charge in [-0.2, -0.15) is 0 Å². The summed E-state index contributed by atoms with van der Waals surface area (Å²) in [6.07, 6.45) is 7.51. The first kappa shape index (κ1) is 19.7. The van der Waals surface area contributed by atoms with E-state index in [1.165, 1.54) is 4.90 Å². The molecule has 5 rings (SSSR count). The van der Waals surface area contributed by atoms with Gasteiger partial charge in [0.15, 0.2) is 5.82 Å². The van der Waals surface area contributed by atoms with Gasteiger partial charge in [-0.05, 0) is 49.4 Å². The number of hydrogen-bond acceptors (Lipinski definition) is 6. The van der Waals surface area contributed by atoms with E-state index in [9.17, 15) is 9.90 Å². The van der Waals surface area contributed by atoms with E-state index in [1.54, 1.807) is 18.6 Å². The molecule has 2 aliphatic rings. The molecule has 1 saturated carbocycles. The summed E-state index contributed by atoms with van der Waals surface area (Å²) in [6, 6.07) is 5.55. The number of ether oxygens (including phenoxy) is 1. The molecule has 0 unspecified atom stereocenters. The van der Waals surface area contributed by atoms with Crippen LogP contribution in [0.3, 0.4) is 0 Å². The smallest absolute Gasteiger partial charge is 0.408 e. The van der Waals surface area contributed by atoms with Crippen LogP contribution in [0.2, 0.25) is 5.02 Å². The Hall–Kier alpha value is -3.20. The Morgan fingerprint density at radius 2 is 1.97 bits per heavy atom. The lowest BCUT2D eigenvalue weighted by atomic mass is 9.86. The van der Waals surface area contributed by atoms with E-state index < -0.39 is 6.09 Å². The molecule has 0 saturated heterocycles. The number of benzene rings is 1. The highest BCUT2D eigenvalue weighted by molar-refractivity contribution is 6.30. The minimum absolute atomic E-state index is 0.0908. The van der Waals surface area contributed by atoms with Crippen molar-refractivity contribution in [2.24, 2.45) is 0 Å². The Morgan fingerprint density at radius 1 is 1.13 bits per heavy atom. The molecule has 1 aromatic carbocycles. The van der Waals surface area contributed by atoms with Crippen molar-refractivity contribution in [2.45, 2.75) is 50.8 Å². The number of amides is 1. The number of halogens is 1. The molecule has 160 valence electrons. The SMILES string of the molecule is O=C(O)N1Cc2cc(Cl)ccc2-n2c(nnc2[C@H]2CC[C@H](Oc3cnccn3)CC2)C1. The van der Waals surface area contributed by atoms with Crippen LogP contribution in [-0.4, -0.2) is 46.9 Å². The van der Waals surface area contributed by atoms with E-state index in [0.717, 1.165) is 42.8 Å². The highest BCUT2D eigenvalue weighted by atomic mass is 35.5. The highest BCUT2D eigenvalue weighted by Gasteiger charge is 2.32. The number of aromatic nitrogens is 5. The van der Waals surface area contributed by atoms with E-state index in [-0.39, 0.29) is 25.1 Å². The summed E-state index contributed by atoms with van der Waals surface area (Å²) in [7, 11) is 0. The van der Waals surface area contributed by atoms with Gasteiger partial charge in [-0.1, -0.05) is 11.6 Å². The van der Waals surface area contributed by atoms with Crippen LogP contribution in [0, 0.1) is 0 Å². The van der Waals surface area contributed by atoms with Crippen molar-refractivity contribution in [3.05, 3.63) is 59.0 Å². The lowest BCUT2D eigenvalue weighted by Gasteiger charge is -2.28. The van der Waals surface area contributed by atoms with Crippen LogP contribution in [0.1, 0.15) is 48.8 Å². The number of fused-ring (bicyclic) bond motifs is 3. The minimum Gasteiger partial charge on any atom is -0.473 e. The standard InChI is InChI=1S/C21H21ClN6O3/c22-15-3-6-17-14(9-15)11-27(21(29)30)12-18-25-26-20(28(17)18)13-1-4-16(5-2-13)31-19-10-23-7-8-24-19/h3,6-10,13,16H,1-2,4-5,11-12H2,(H,29,30)/t13-,16-. The second-order valence-corrected chi connectivity index (χ2v) is 8.29. The zero-order chi connectivity index (χ0) is 21.4. The molecule has 9 nitrogen and oxygen atoms in total. The monoisotopic (exact) mass is 440 g/mol. The molecule has 3 heterocycles. The first-order valence-corrected chi connectivity index (χ1v) is 10.6. The van der Waals surface area contributed by atoms with Crippen molar-refractivity contribution in [2.75, 3.05) is 0 Å². The molecule has 1 amide bonds. The van der Waals surface area contributed by atoms with Gasteiger partial charge in [-0.15, -0.1) is 10.2 Å². The molecule has 1 aliphatic carbocycles. The van der Waals surface area contributed by atoms with Crippen molar-refractivity contribution >= 4 is 17.7 Å².